The average molecular weight is 348 g/mol. The van der Waals surface area contributed by atoms with Gasteiger partial charge in [0.15, 0.2) is 0 Å². The molecule has 128 valence electrons. The summed E-state index contributed by atoms with van der Waals surface area (Å²) in [6.07, 6.45) is 0.353. The zero-order valence-corrected chi connectivity index (χ0v) is 14.4. The maximum absolute atomic E-state index is 12.3. The lowest BCUT2D eigenvalue weighted by Crippen LogP contribution is -2.35. The van der Waals surface area contributed by atoms with Gasteiger partial charge in [0.1, 0.15) is 17.1 Å². The van der Waals surface area contributed by atoms with Crippen LogP contribution >= 0.6 is 11.3 Å². The van der Waals surface area contributed by atoms with Crippen LogP contribution < -0.4 is 20.1 Å². The van der Waals surface area contributed by atoms with Crippen LogP contribution in [-0.2, 0) is 11.2 Å². The topological polar surface area (TPSA) is 76.7 Å². The maximum Gasteiger partial charge on any atom is 0.258 e. The lowest BCUT2D eigenvalue weighted by Gasteiger charge is -2.13. The summed E-state index contributed by atoms with van der Waals surface area (Å²) in [4.78, 5) is 25.1. The highest BCUT2D eigenvalue weighted by molar-refractivity contribution is 7.10. The first-order chi connectivity index (χ1) is 11.7. The molecule has 2 rings (SSSR count). The number of benzene rings is 1. The molecule has 1 heterocycles. The van der Waals surface area contributed by atoms with Gasteiger partial charge in [0.25, 0.3) is 5.91 Å². The van der Waals surface area contributed by atoms with Crippen molar-refractivity contribution in [2.24, 2.45) is 0 Å². The van der Waals surface area contributed by atoms with Gasteiger partial charge in [0, 0.05) is 18.0 Å². The number of hydrogen-bond acceptors (Lipinski definition) is 5. The van der Waals surface area contributed by atoms with Gasteiger partial charge in [-0.05, 0) is 23.6 Å². The first-order valence-electron chi connectivity index (χ1n) is 7.44. The Kier molecular flexibility index (Phi) is 6.62. The molecule has 2 amide bonds. The molecular formula is C17H20N2O4S. The van der Waals surface area contributed by atoms with Crippen LogP contribution in [-0.4, -0.2) is 39.1 Å². The van der Waals surface area contributed by atoms with Crippen molar-refractivity contribution in [2.75, 3.05) is 27.3 Å². The quantitative estimate of drug-likeness (QED) is 0.714. The van der Waals surface area contributed by atoms with Gasteiger partial charge in [0.2, 0.25) is 5.91 Å². The van der Waals surface area contributed by atoms with Crippen LogP contribution in [0.5, 0.6) is 11.5 Å². The fourth-order valence-corrected chi connectivity index (χ4v) is 2.88. The van der Waals surface area contributed by atoms with Crippen LogP contribution in [0.4, 0.5) is 0 Å². The van der Waals surface area contributed by atoms with Gasteiger partial charge in [0.05, 0.1) is 20.6 Å². The average Bonchev–Trinajstić information content (AvgIpc) is 3.10. The minimum absolute atomic E-state index is 0.0680. The molecule has 0 unspecified atom stereocenters. The fraction of sp³-hybridized carbons (Fsp3) is 0.294. The van der Waals surface area contributed by atoms with Crippen molar-refractivity contribution in [3.63, 3.8) is 0 Å². The largest absolute Gasteiger partial charge is 0.496 e. The van der Waals surface area contributed by atoms with E-state index in [1.807, 2.05) is 17.5 Å². The van der Waals surface area contributed by atoms with Crippen molar-refractivity contribution in [1.82, 2.24) is 10.6 Å². The van der Waals surface area contributed by atoms with Crippen LogP contribution in [0.1, 0.15) is 15.2 Å². The Hall–Kier alpha value is -2.54. The van der Waals surface area contributed by atoms with E-state index in [-0.39, 0.29) is 11.8 Å². The Morgan fingerprint density at radius 1 is 1.00 bits per heavy atom. The monoisotopic (exact) mass is 348 g/mol. The van der Waals surface area contributed by atoms with Crippen LogP contribution in [0.2, 0.25) is 0 Å². The highest BCUT2D eigenvalue weighted by Gasteiger charge is 2.17. The molecule has 0 aliphatic carbocycles. The number of hydrogen-bond donors (Lipinski definition) is 2. The number of carbonyl (C=O) groups is 2. The summed E-state index contributed by atoms with van der Waals surface area (Å²) in [7, 11) is 2.99. The van der Waals surface area contributed by atoms with E-state index in [1.165, 1.54) is 14.2 Å². The summed E-state index contributed by atoms with van der Waals surface area (Å²) < 4.78 is 10.4. The van der Waals surface area contributed by atoms with Crippen molar-refractivity contribution < 1.29 is 19.1 Å². The van der Waals surface area contributed by atoms with Crippen molar-refractivity contribution in [3.05, 3.63) is 46.2 Å². The molecule has 1 aromatic carbocycles. The van der Waals surface area contributed by atoms with E-state index in [0.29, 0.717) is 36.6 Å². The fourth-order valence-electron chi connectivity index (χ4n) is 2.18. The SMILES string of the molecule is COc1cccc(OC)c1C(=O)NCCNC(=O)Cc1cccs1. The van der Waals surface area contributed by atoms with Crippen LogP contribution in [0.3, 0.4) is 0 Å². The van der Waals surface area contributed by atoms with Crippen LogP contribution in [0.25, 0.3) is 0 Å². The Bertz CT molecular complexity index is 664. The number of methoxy groups -OCH3 is 2. The Morgan fingerprint density at radius 2 is 1.67 bits per heavy atom. The lowest BCUT2D eigenvalue weighted by atomic mass is 10.1. The van der Waals surface area contributed by atoms with Gasteiger partial charge < -0.3 is 20.1 Å². The number of rotatable bonds is 8. The van der Waals surface area contributed by atoms with Gasteiger partial charge in [-0.3, -0.25) is 9.59 Å². The Labute approximate surface area is 144 Å². The normalized spacial score (nSPS) is 10.1. The summed E-state index contributed by atoms with van der Waals surface area (Å²) >= 11 is 1.54. The molecule has 0 aliphatic heterocycles. The van der Waals surface area contributed by atoms with Gasteiger partial charge in [-0.1, -0.05) is 12.1 Å². The summed E-state index contributed by atoms with van der Waals surface area (Å²) in [5, 5.41) is 7.46. The Morgan fingerprint density at radius 3 is 2.25 bits per heavy atom. The third kappa shape index (κ3) is 4.73. The third-order valence-corrected chi connectivity index (χ3v) is 4.18. The molecule has 0 saturated heterocycles. The maximum atomic E-state index is 12.3. The molecule has 0 saturated carbocycles. The summed E-state index contributed by atoms with van der Waals surface area (Å²) in [5.74, 6) is 0.500. The molecule has 2 N–H and O–H groups in total. The molecule has 6 nitrogen and oxygen atoms in total. The van der Waals surface area contributed by atoms with E-state index < -0.39 is 0 Å². The molecule has 0 fully saturated rings. The first-order valence-corrected chi connectivity index (χ1v) is 8.32. The van der Waals surface area contributed by atoms with E-state index in [2.05, 4.69) is 10.6 Å². The van der Waals surface area contributed by atoms with Crippen molar-refractivity contribution in [2.45, 2.75) is 6.42 Å². The predicted molar refractivity (Wildman–Crippen MR) is 92.9 cm³/mol. The molecule has 0 atom stereocenters. The zero-order chi connectivity index (χ0) is 17.4. The molecule has 0 radical (unpaired) electrons. The van der Waals surface area contributed by atoms with Crippen molar-refractivity contribution >= 4 is 23.2 Å². The molecule has 0 aliphatic rings. The van der Waals surface area contributed by atoms with Crippen molar-refractivity contribution in [1.29, 1.82) is 0 Å². The second kappa shape index (κ2) is 8.93. The lowest BCUT2D eigenvalue weighted by molar-refractivity contribution is -0.120. The second-order valence-electron chi connectivity index (χ2n) is 4.90. The molecule has 24 heavy (non-hydrogen) atoms. The van der Waals surface area contributed by atoms with Gasteiger partial charge >= 0.3 is 0 Å². The van der Waals surface area contributed by atoms with E-state index in [1.54, 1.807) is 29.5 Å². The summed E-state index contributed by atoms with van der Waals surface area (Å²) in [6.45, 7) is 0.670. The molecule has 1 aromatic heterocycles. The zero-order valence-electron chi connectivity index (χ0n) is 13.6. The molecule has 2 aromatic rings. The standard InChI is InChI=1S/C17H20N2O4S/c1-22-13-6-3-7-14(23-2)16(13)17(21)19-9-8-18-15(20)11-12-5-4-10-24-12/h3-7,10H,8-9,11H2,1-2H3,(H,18,20)(H,19,21). The molecule has 7 heteroatoms. The smallest absolute Gasteiger partial charge is 0.258 e. The predicted octanol–water partition coefficient (Wildman–Crippen LogP) is 1.85. The minimum atomic E-state index is -0.309. The van der Waals surface area contributed by atoms with Gasteiger partial charge in [-0.25, -0.2) is 0 Å². The number of ether oxygens (including phenoxy) is 2. The summed E-state index contributed by atoms with van der Waals surface area (Å²) in [5.41, 5.74) is 0.340. The summed E-state index contributed by atoms with van der Waals surface area (Å²) in [6, 6.07) is 8.97. The molecule has 0 spiro atoms. The molecular weight excluding hydrogens is 328 g/mol. The van der Waals surface area contributed by atoms with Crippen molar-refractivity contribution in [3.8, 4) is 11.5 Å². The highest BCUT2D eigenvalue weighted by Crippen LogP contribution is 2.27. The van der Waals surface area contributed by atoms with Gasteiger partial charge in [-0.15, -0.1) is 11.3 Å². The van der Waals surface area contributed by atoms with E-state index >= 15 is 0 Å². The van der Waals surface area contributed by atoms with E-state index in [9.17, 15) is 9.59 Å². The second-order valence-corrected chi connectivity index (χ2v) is 5.93. The highest BCUT2D eigenvalue weighted by atomic mass is 32.1. The number of thiophene rings is 1. The van der Waals surface area contributed by atoms with Gasteiger partial charge in [-0.2, -0.15) is 0 Å². The number of carbonyl (C=O) groups excluding carboxylic acids is 2. The first kappa shape index (κ1) is 17.8. The Balaban J connectivity index is 1.82. The minimum Gasteiger partial charge on any atom is -0.496 e. The number of nitrogens with one attached hydrogen (secondary N) is 2. The van der Waals surface area contributed by atoms with E-state index in [4.69, 9.17) is 9.47 Å². The third-order valence-electron chi connectivity index (χ3n) is 3.30. The number of amides is 2. The molecule has 0 bridgehead atoms. The van der Waals surface area contributed by atoms with Crippen LogP contribution in [0.15, 0.2) is 35.7 Å². The van der Waals surface area contributed by atoms with E-state index in [0.717, 1.165) is 4.88 Å². The van der Waals surface area contributed by atoms with Crippen LogP contribution in [0, 0.1) is 0 Å².